The first-order chi connectivity index (χ1) is 16.0. The second kappa shape index (κ2) is 9.30. The van der Waals surface area contributed by atoms with E-state index in [4.69, 9.17) is 9.84 Å². The van der Waals surface area contributed by atoms with E-state index in [0.29, 0.717) is 35.8 Å². The van der Waals surface area contributed by atoms with Gasteiger partial charge in [-0.3, -0.25) is 0 Å². The molecule has 3 aliphatic rings. The van der Waals surface area contributed by atoms with Crippen molar-refractivity contribution in [3.8, 4) is 11.3 Å². The Bertz CT molecular complexity index is 1010. The van der Waals surface area contributed by atoms with Crippen LogP contribution in [0.15, 0.2) is 24.3 Å². The molecule has 0 spiro atoms. The fraction of sp³-hybridized carbons (Fsp3) is 0.542. The molecule has 0 unspecified atom stereocenters. The van der Waals surface area contributed by atoms with Gasteiger partial charge in [0.2, 0.25) is 0 Å². The Morgan fingerprint density at radius 3 is 2.73 bits per heavy atom. The van der Waals surface area contributed by atoms with Crippen molar-refractivity contribution in [3.63, 3.8) is 0 Å². The second-order valence-electron chi connectivity index (χ2n) is 9.47. The standard InChI is InChI=1S/C24H28F2N4O3/c25-19-10-14(24(31)32)9-18(23(19)26)20-1-2-22(30-29-20)28-16-8-15-12-27-21(17(15)11-16)7-13-3-5-33-6-4-13/h1-2,9-10,13,15-17,21,27H,3-8,11-12H2,(H,28,30)(H,31,32)/t15-,16+,17+,21+/m1/s1. The lowest BCUT2D eigenvalue weighted by molar-refractivity contribution is 0.0593. The third-order valence-corrected chi connectivity index (χ3v) is 7.40. The third kappa shape index (κ3) is 4.70. The summed E-state index contributed by atoms with van der Waals surface area (Å²) in [4.78, 5) is 11.2. The van der Waals surface area contributed by atoms with Crippen molar-refractivity contribution in [3.05, 3.63) is 41.5 Å². The predicted octanol–water partition coefficient (Wildman–Crippen LogP) is 3.72. The summed E-state index contributed by atoms with van der Waals surface area (Å²) in [7, 11) is 0. The second-order valence-corrected chi connectivity index (χ2v) is 9.47. The van der Waals surface area contributed by atoms with Crippen LogP contribution < -0.4 is 10.6 Å². The number of anilines is 1. The van der Waals surface area contributed by atoms with Crippen LogP contribution >= 0.6 is 0 Å². The van der Waals surface area contributed by atoms with Crippen LogP contribution in [-0.4, -0.2) is 53.1 Å². The van der Waals surface area contributed by atoms with Crippen molar-refractivity contribution in [1.29, 1.82) is 0 Å². The van der Waals surface area contributed by atoms with Crippen LogP contribution in [0.5, 0.6) is 0 Å². The minimum absolute atomic E-state index is 0.0871. The molecule has 2 aromatic rings. The quantitative estimate of drug-likeness (QED) is 0.607. The lowest BCUT2D eigenvalue weighted by Crippen LogP contribution is -2.33. The molecule has 1 saturated carbocycles. The molecule has 9 heteroatoms. The molecule has 3 fully saturated rings. The summed E-state index contributed by atoms with van der Waals surface area (Å²) in [5.41, 5.74) is -0.470. The average molecular weight is 459 g/mol. The van der Waals surface area contributed by atoms with E-state index in [0.717, 1.165) is 57.4 Å². The number of nitrogens with one attached hydrogen (secondary N) is 2. The Labute approximate surface area is 190 Å². The summed E-state index contributed by atoms with van der Waals surface area (Å²) >= 11 is 0. The Morgan fingerprint density at radius 1 is 1.18 bits per heavy atom. The zero-order chi connectivity index (χ0) is 22.9. The van der Waals surface area contributed by atoms with Crippen LogP contribution in [0, 0.1) is 29.4 Å². The monoisotopic (exact) mass is 458 g/mol. The first-order valence-electron chi connectivity index (χ1n) is 11.6. The van der Waals surface area contributed by atoms with Gasteiger partial charge in [0.05, 0.1) is 11.3 Å². The van der Waals surface area contributed by atoms with Crippen LogP contribution in [0.2, 0.25) is 0 Å². The molecule has 0 radical (unpaired) electrons. The van der Waals surface area contributed by atoms with Gasteiger partial charge in [-0.2, -0.15) is 0 Å². The molecule has 2 saturated heterocycles. The van der Waals surface area contributed by atoms with E-state index >= 15 is 0 Å². The number of carboxylic acid groups (broad SMARTS) is 1. The van der Waals surface area contributed by atoms with Gasteiger partial charge in [-0.25, -0.2) is 13.6 Å². The number of carbonyl (C=O) groups is 1. The number of nitrogens with zero attached hydrogens (tertiary/aromatic N) is 2. The van der Waals surface area contributed by atoms with Crippen molar-refractivity contribution in [2.75, 3.05) is 25.1 Å². The average Bonchev–Trinajstić information content (AvgIpc) is 3.38. The molecular weight excluding hydrogens is 430 g/mol. The van der Waals surface area contributed by atoms with E-state index in [9.17, 15) is 13.6 Å². The maximum atomic E-state index is 14.2. The topological polar surface area (TPSA) is 96.4 Å². The van der Waals surface area contributed by atoms with Gasteiger partial charge in [0.25, 0.3) is 0 Å². The number of aromatic nitrogens is 2. The number of ether oxygens (including phenoxy) is 1. The van der Waals surface area contributed by atoms with Crippen molar-refractivity contribution >= 4 is 11.8 Å². The van der Waals surface area contributed by atoms with Crippen molar-refractivity contribution in [2.24, 2.45) is 17.8 Å². The van der Waals surface area contributed by atoms with Gasteiger partial charge in [0.1, 0.15) is 5.82 Å². The van der Waals surface area contributed by atoms with Crippen LogP contribution in [-0.2, 0) is 4.74 Å². The number of carboxylic acids is 1. The normalized spacial score (nSPS) is 27.5. The highest BCUT2D eigenvalue weighted by atomic mass is 19.2. The molecule has 7 nitrogen and oxygen atoms in total. The number of hydrogen-bond donors (Lipinski definition) is 3. The smallest absolute Gasteiger partial charge is 0.335 e. The Balaban J connectivity index is 1.22. The minimum atomic E-state index is -1.34. The van der Waals surface area contributed by atoms with Gasteiger partial charge in [-0.15, -0.1) is 10.2 Å². The Kier molecular flexibility index (Phi) is 6.25. The molecule has 176 valence electrons. The van der Waals surface area contributed by atoms with Crippen LogP contribution in [0.1, 0.15) is 42.5 Å². The summed E-state index contributed by atoms with van der Waals surface area (Å²) in [6, 6.07) is 5.79. The van der Waals surface area contributed by atoms with Gasteiger partial charge in [0, 0.05) is 30.9 Å². The van der Waals surface area contributed by atoms with Gasteiger partial charge in [-0.05, 0) is 80.7 Å². The van der Waals surface area contributed by atoms with Crippen molar-refractivity contribution < 1.29 is 23.4 Å². The van der Waals surface area contributed by atoms with Crippen molar-refractivity contribution in [2.45, 2.75) is 44.2 Å². The lowest BCUT2D eigenvalue weighted by Gasteiger charge is -2.27. The maximum absolute atomic E-state index is 14.2. The fourth-order valence-corrected chi connectivity index (χ4v) is 5.72. The van der Waals surface area contributed by atoms with E-state index in [2.05, 4.69) is 20.8 Å². The van der Waals surface area contributed by atoms with Gasteiger partial charge < -0.3 is 20.5 Å². The summed E-state index contributed by atoms with van der Waals surface area (Å²) in [5.74, 6) is -1.09. The fourth-order valence-electron chi connectivity index (χ4n) is 5.72. The van der Waals surface area contributed by atoms with E-state index < -0.39 is 17.6 Å². The molecule has 33 heavy (non-hydrogen) atoms. The third-order valence-electron chi connectivity index (χ3n) is 7.40. The molecule has 0 bridgehead atoms. The molecule has 0 amide bonds. The molecular formula is C24H28F2N4O3. The number of fused-ring (bicyclic) bond motifs is 1. The molecule has 3 N–H and O–H groups in total. The summed E-state index contributed by atoms with van der Waals surface area (Å²) in [6.45, 7) is 2.80. The first kappa shape index (κ1) is 22.2. The largest absolute Gasteiger partial charge is 0.478 e. The highest BCUT2D eigenvalue weighted by Crippen LogP contribution is 2.41. The van der Waals surface area contributed by atoms with Crippen molar-refractivity contribution in [1.82, 2.24) is 15.5 Å². The van der Waals surface area contributed by atoms with E-state index in [1.165, 1.54) is 12.5 Å². The van der Waals surface area contributed by atoms with Gasteiger partial charge in [0.15, 0.2) is 11.6 Å². The molecule has 5 rings (SSSR count). The predicted molar refractivity (Wildman–Crippen MR) is 118 cm³/mol. The number of halogens is 2. The van der Waals surface area contributed by atoms with Crippen LogP contribution in [0.4, 0.5) is 14.6 Å². The number of hydrogen-bond acceptors (Lipinski definition) is 6. The maximum Gasteiger partial charge on any atom is 0.335 e. The highest BCUT2D eigenvalue weighted by molar-refractivity contribution is 5.89. The van der Waals surface area contributed by atoms with E-state index in [-0.39, 0.29) is 16.8 Å². The molecule has 2 aliphatic heterocycles. The molecule has 3 heterocycles. The molecule has 4 atom stereocenters. The molecule has 1 aliphatic carbocycles. The Hall–Kier alpha value is -2.65. The SMILES string of the molecule is O=C(O)c1cc(F)c(F)c(-c2ccc(N[C@H]3C[C@@H]4CN[C@@H](CC5CCOCC5)[C@H]4C3)nn2)c1. The van der Waals surface area contributed by atoms with Gasteiger partial charge in [-0.1, -0.05) is 0 Å². The zero-order valence-corrected chi connectivity index (χ0v) is 18.3. The Morgan fingerprint density at radius 2 is 2.00 bits per heavy atom. The molecule has 1 aromatic heterocycles. The van der Waals surface area contributed by atoms with Crippen LogP contribution in [0.25, 0.3) is 11.3 Å². The first-order valence-corrected chi connectivity index (χ1v) is 11.6. The summed E-state index contributed by atoms with van der Waals surface area (Å²) in [6.07, 6.45) is 5.64. The lowest BCUT2D eigenvalue weighted by atomic mass is 9.85. The van der Waals surface area contributed by atoms with Crippen LogP contribution in [0.3, 0.4) is 0 Å². The van der Waals surface area contributed by atoms with Gasteiger partial charge >= 0.3 is 5.97 Å². The molecule has 1 aromatic carbocycles. The highest BCUT2D eigenvalue weighted by Gasteiger charge is 2.43. The van der Waals surface area contributed by atoms with E-state index in [1.54, 1.807) is 6.07 Å². The van der Waals surface area contributed by atoms with E-state index in [1.807, 2.05) is 0 Å². The number of rotatable bonds is 6. The minimum Gasteiger partial charge on any atom is -0.478 e. The summed E-state index contributed by atoms with van der Waals surface area (Å²) in [5, 5.41) is 24.5. The number of aromatic carboxylic acids is 1. The zero-order valence-electron chi connectivity index (χ0n) is 18.3. The number of benzene rings is 1. The summed E-state index contributed by atoms with van der Waals surface area (Å²) < 4.78 is 33.5.